The summed E-state index contributed by atoms with van der Waals surface area (Å²) in [4.78, 5) is 4.68. The number of aliphatic imine (C=N–C) groups is 1. The van der Waals surface area contributed by atoms with Gasteiger partial charge in [-0.1, -0.05) is 111 Å². The van der Waals surface area contributed by atoms with Crippen molar-refractivity contribution in [1.29, 1.82) is 0 Å². The van der Waals surface area contributed by atoms with Crippen molar-refractivity contribution in [3.8, 4) is 17.6 Å². The molecule has 54 heavy (non-hydrogen) atoms. The predicted octanol–water partition coefficient (Wildman–Crippen LogP) is 15.2. The number of fused-ring (bicyclic) bond motifs is 3. The average Bonchev–Trinajstić information content (AvgIpc) is 3.83. The van der Waals surface area contributed by atoms with Crippen molar-refractivity contribution in [3.05, 3.63) is 122 Å². The van der Waals surface area contributed by atoms with Crippen LogP contribution >= 0.6 is 45.7 Å². The second kappa shape index (κ2) is 24.5. The number of halogens is 5. The summed E-state index contributed by atoms with van der Waals surface area (Å²) in [5.74, 6) is 11.7. The van der Waals surface area contributed by atoms with E-state index in [-0.39, 0.29) is 20.3 Å². The Labute approximate surface area is 369 Å². The van der Waals surface area contributed by atoms with E-state index in [2.05, 4.69) is 84.5 Å². The monoisotopic (exact) mass is 979 g/mol. The Bertz CT molecular complexity index is 1630. The molecule has 0 aromatic heterocycles. The van der Waals surface area contributed by atoms with Crippen molar-refractivity contribution in [2.75, 3.05) is 0 Å². The molecule has 0 spiro atoms. The van der Waals surface area contributed by atoms with E-state index in [1.54, 1.807) is 12.3 Å². The van der Waals surface area contributed by atoms with Gasteiger partial charge in [0.2, 0.25) is 0 Å². The van der Waals surface area contributed by atoms with Crippen LogP contribution in [-0.4, -0.2) is 11.3 Å². The van der Waals surface area contributed by atoms with Crippen LogP contribution in [-0.2, 0) is 41.7 Å². The van der Waals surface area contributed by atoms with Gasteiger partial charge < -0.3 is 20.0 Å². The van der Waals surface area contributed by atoms with Crippen LogP contribution in [0, 0.1) is 67.6 Å². The van der Waals surface area contributed by atoms with E-state index >= 15 is 0 Å². The Morgan fingerprint density at radius 1 is 0.833 bits per heavy atom. The summed E-state index contributed by atoms with van der Waals surface area (Å²) >= 11 is 4.82. The Morgan fingerprint density at radius 2 is 1.35 bits per heavy atom. The zero-order valence-corrected chi connectivity index (χ0v) is 40.5. The molecule has 7 rings (SSSR count). The van der Waals surface area contributed by atoms with Crippen LogP contribution in [0.2, 0.25) is 5.02 Å². The van der Waals surface area contributed by atoms with Crippen molar-refractivity contribution in [1.82, 2.24) is 0 Å². The normalized spacial score (nSPS) is 24.8. The topological polar surface area (TPSA) is 32.6 Å². The molecule has 3 fully saturated rings. The van der Waals surface area contributed by atoms with Crippen LogP contribution in [0.4, 0.5) is 5.69 Å². The minimum absolute atomic E-state index is 0. The maximum atomic E-state index is 11.0. The number of phenols is 1. The summed E-state index contributed by atoms with van der Waals surface area (Å²) in [6, 6.07) is 11.9. The van der Waals surface area contributed by atoms with Gasteiger partial charge in [0.25, 0.3) is 0 Å². The van der Waals surface area contributed by atoms with Crippen LogP contribution in [0.1, 0.15) is 100 Å². The average molecular weight is 985 g/mol. The molecule has 0 heterocycles. The zero-order chi connectivity index (χ0) is 36.9. The molecule has 5 atom stereocenters. The first kappa shape index (κ1) is 48.0. The molecule has 5 unspecified atom stereocenters. The molecule has 2 aromatic rings. The molecule has 1 N–H and O–H groups in total. The van der Waals surface area contributed by atoms with E-state index in [0.29, 0.717) is 51.8 Å². The van der Waals surface area contributed by atoms with Gasteiger partial charge in [0.1, 0.15) is 5.75 Å². The number of phenolic OH excluding ortho intramolecular Hbond substituents is 1. The van der Waals surface area contributed by atoms with Gasteiger partial charge in [-0.2, -0.15) is 0 Å². The van der Waals surface area contributed by atoms with E-state index in [4.69, 9.17) is 45.7 Å². The number of allylic oxidation sites excluding steroid dienone is 8. The van der Waals surface area contributed by atoms with Crippen LogP contribution in [0.25, 0.3) is 0 Å². The molecule has 2 nitrogen and oxygen atoms in total. The van der Waals surface area contributed by atoms with E-state index in [0.717, 1.165) is 48.4 Å². The van der Waals surface area contributed by atoms with E-state index in [9.17, 15) is 5.11 Å². The van der Waals surface area contributed by atoms with Crippen LogP contribution in [0.5, 0.6) is 5.75 Å². The van der Waals surface area contributed by atoms with Crippen molar-refractivity contribution in [2.24, 2.45) is 45.9 Å². The fourth-order valence-electron chi connectivity index (χ4n) is 9.87. The number of benzene rings is 2. The molecule has 0 saturated heterocycles. The van der Waals surface area contributed by atoms with Crippen molar-refractivity contribution < 1.29 is 46.8 Å². The van der Waals surface area contributed by atoms with E-state index in [1.165, 1.54) is 44.9 Å². The van der Waals surface area contributed by atoms with Gasteiger partial charge >= 0.3 is 75.7 Å². The van der Waals surface area contributed by atoms with Crippen molar-refractivity contribution in [3.63, 3.8) is 0 Å². The van der Waals surface area contributed by atoms with E-state index < -0.39 is 41.7 Å². The first-order valence-corrected chi connectivity index (χ1v) is 31.7. The Hall–Kier alpha value is -0.354. The van der Waals surface area contributed by atoms with Crippen LogP contribution in [0.15, 0.2) is 90.0 Å². The number of nitrogens with zero attached hydrogens (tertiary/aromatic N) is 1. The number of hydrogen-bond acceptors (Lipinski definition) is 2. The molecule has 0 aliphatic heterocycles. The minimum atomic E-state index is -0.826. The van der Waals surface area contributed by atoms with Gasteiger partial charge in [-0.15, -0.1) is 0 Å². The third-order valence-corrected chi connectivity index (χ3v) is 12.4. The van der Waals surface area contributed by atoms with Gasteiger partial charge in [-0.25, -0.2) is 0 Å². The molecule has 0 bridgehead atoms. The molecule has 5 aliphatic rings. The van der Waals surface area contributed by atoms with Gasteiger partial charge in [-0.05, 0) is 121 Å². The summed E-state index contributed by atoms with van der Waals surface area (Å²) in [7, 11) is 19.7. The predicted molar refractivity (Wildman–Crippen MR) is 229 cm³/mol. The van der Waals surface area contributed by atoms with Gasteiger partial charge in [0.15, 0.2) is 0 Å². The fraction of sp³-hybridized carbons (Fsp3) is 0.444. The second-order valence-corrected chi connectivity index (χ2v) is 22.8. The van der Waals surface area contributed by atoms with E-state index in [1.807, 2.05) is 18.2 Å². The Kier molecular flexibility index (Phi) is 21.8. The summed E-state index contributed by atoms with van der Waals surface area (Å²) in [6.07, 6.45) is 34.4. The number of rotatable bonds is 7. The van der Waals surface area contributed by atoms with Crippen molar-refractivity contribution >= 4 is 57.6 Å². The molecule has 0 radical (unpaired) electrons. The molecule has 9 heteroatoms. The third kappa shape index (κ3) is 12.3. The summed E-state index contributed by atoms with van der Waals surface area (Å²) < 4.78 is 0. The zero-order valence-electron chi connectivity index (χ0n) is 31.8. The molecule has 5 aliphatic carbocycles. The molecular weight excluding hydrogens is 930 g/mol. The van der Waals surface area contributed by atoms with Gasteiger partial charge in [0, 0.05) is 28.8 Å². The first-order valence-electron chi connectivity index (χ1n) is 18.6. The SMILES string of the molecule is CC(CCC#Cc1ccc(N=Cc2cc(Cl)cc(C3CCCCC3)c2O)cc1)(C1CCCC1)C1C2C=CC=CC2C2C=CC=CC21.[CH3-].[CH3-].[Cl][Zr+2][Cl].[Cl][Zr][Cl]. The van der Waals surface area contributed by atoms with Crippen molar-refractivity contribution in [2.45, 2.75) is 83.5 Å². The standard InChI is InChI=1S/C43H48ClNO.2CH3.4ClH.2Zr/c1-43(33-16-5-6-17-33,41-38-20-9-7-18-36(38)37-19-8-10-21-39(37)41)26-12-11-13-30-22-24-35(25-23-30)45-29-32-27-34(44)28-40(42(32)46)31-14-3-2-4-15-31;;;;;;;;/h7-10,18-25,27-29,31,33,36-39,41,46H,2-6,12,14-17,26H2,1H3;2*1H3;4*1H;;/q;2*-1;;;;;+2;+4/p-4. The summed E-state index contributed by atoms with van der Waals surface area (Å²) in [5.41, 5.74) is 3.79. The summed E-state index contributed by atoms with van der Waals surface area (Å²) in [5, 5.41) is 11.7. The van der Waals surface area contributed by atoms with Gasteiger partial charge in [0.05, 0.1) is 5.69 Å². The fourth-order valence-corrected chi connectivity index (χ4v) is 10.1. The molecule has 2 aromatic carbocycles. The maximum absolute atomic E-state index is 11.0. The Balaban J connectivity index is 0.000000921. The number of aromatic hydroxyl groups is 1. The third-order valence-electron chi connectivity index (χ3n) is 12.2. The molecule has 0 amide bonds. The molecular formula is C45H54Cl5NOZr2. The second-order valence-electron chi connectivity index (χ2n) is 14.9. The summed E-state index contributed by atoms with van der Waals surface area (Å²) in [6.45, 7) is 2.62. The van der Waals surface area contributed by atoms with Crippen LogP contribution < -0.4 is 0 Å². The van der Waals surface area contributed by atoms with Crippen LogP contribution in [0.3, 0.4) is 0 Å². The quantitative estimate of drug-likeness (QED) is 0.167. The molecule has 288 valence electrons. The van der Waals surface area contributed by atoms with Gasteiger partial charge in [-0.3, -0.25) is 4.99 Å². The Morgan fingerprint density at radius 3 is 1.91 bits per heavy atom. The number of hydrogen-bond donors (Lipinski definition) is 1. The first-order chi connectivity index (χ1) is 25.3. The molecule has 3 saturated carbocycles.